The van der Waals surface area contributed by atoms with Crippen LogP contribution >= 0.6 is 0 Å². The highest BCUT2D eigenvalue weighted by Gasteiger charge is 2.34. The zero-order chi connectivity index (χ0) is 17.6. The molecule has 24 heavy (non-hydrogen) atoms. The molecule has 2 saturated heterocycles. The van der Waals surface area contributed by atoms with Crippen molar-refractivity contribution in [2.24, 2.45) is 17.8 Å². The first-order valence-corrected chi connectivity index (χ1v) is 10.5. The van der Waals surface area contributed by atoms with Gasteiger partial charge in [0.15, 0.2) is 0 Å². The molecular formula is C21H41FN2. The minimum Gasteiger partial charge on any atom is -0.316 e. The summed E-state index contributed by atoms with van der Waals surface area (Å²) in [6.07, 6.45) is 10.4. The maximum absolute atomic E-state index is 13.7. The lowest BCUT2D eigenvalue weighted by atomic mass is 9.76. The maximum Gasteiger partial charge on any atom is 0.115 e. The van der Waals surface area contributed by atoms with E-state index in [9.17, 15) is 4.39 Å². The van der Waals surface area contributed by atoms with Gasteiger partial charge in [0.1, 0.15) is 5.67 Å². The lowest BCUT2D eigenvalue weighted by Gasteiger charge is -2.37. The minimum absolute atomic E-state index is 0.176. The van der Waals surface area contributed by atoms with E-state index >= 15 is 0 Å². The van der Waals surface area contributed by atoms with Crippen LogP contribution in [0.1, 0.15) is 79.1 Å². The zero-order valence-electron chi connectivity index (χ0n) is 16.6. The molecule has 1 N–H and O–H groups in total. The predicted molar refractivity (Wildman–Crippen MR) is 102 cm³/mol. The summed E-state index contributed by atoms with van der Waals surface area (Å²) in [5.41, 5.74) is -0.884. The third kappa shape index (κ3) is 5.98. The van der Waals surface area contributed by atoms with Gasteiger partial charge in [-0.15, -0.1) is 0 Å². The van der Waals surface area contributed by atoms with Crippen LogP contribution in [0.5, 0.6) is 0 Å². The van der Waals surface area contributed by atoms with Crippen LogP contribution in [0.15, 0.2) is 0 Å². The van der Waals surface area contributed by atoms with Gasteiger partial charge in [-0.25, -0.2) is 4.39 Å². The molecule has 0 aromatic rings. The molecule has 0 spiro atoms. The van der Waals surface area contributed by atoms with Crippen molar-refractivity contribution in [1.29, 1.82) is 0 Å². The maximum atomic E-state index is 13.7. The highest BCUT2D eigenvalue weighted by molar-refractivity contribution is 4.87. The van der Waals surface area contributed by atoms with Crippen LogP contribution < -0.4 is 5.32 Å². The van der Waals surface area contributed by atoms with Gasteiger partial charge in [0.2, 0.25) is 0 Å². The lowest BCUT2D eigenvalue weighted by Crippen LogP contribution is -2.42. The van der Waals surface area contributed by atoms with Crippen molar-refractivity contribution in [1.82, 2.24) is 10.2 Å². The highest BCUT2D eigenvalue weighted by Crippen LogP contribution is 2.35. The number of halogens is 1. The molecule has 0 aromatic heterocycles. The Labute approximate surface area is 150 Å². The first kappa shape index (κ1) is 20.2. The number of alkyl halides is 1. The molecule has 0 aromatic carbocycles. The summed E-state index contributed by atoms with van der Waals surface area (Å²) >= 11 is 0. The molecule has 3 aliphatic rings. The number of hydrogen-bond donors (Lipinski definition) is 1. The zero-order valence-corrected chi connectivity index (χ0v) is 16.6. The van der Waals surface area contributed by atoms with Crippen LogP contribution in [0.2, 0.25) is 0 Å². The van der Waals surface area contributed by atoms with E-state index in [0.29, 0.717) is 12.8 Å². The molecule has 3 fully saturated rings. The smallest absolute Gasteiger partial charge is 0.115 e. The summed E-state index contributed by atoms with van der Waals surface area (Å²) in [7, 11) is 0. The van der Waals surface area contributed by atoms with Gasteiger partial charge in [0.05, 0.1) is 0 Å². The summed E-state index contributed by atoms with van der Waals surface area (Å²) in [5.74, 6) is 2.36. The van der Waals surface area contributed by atoms with Crippen LogP contribution in [0, 0.1) is 17.8 Å². The molecule has 3 rings (SSSR count). The molecule has 0 bridgehead atoms. The highest BCUT2D eigenvalue weighted by atomic mass is 19.1. The molecule has 1 saturated carbocycles. The fourth-order valence-corrected chi connectivity index (χ4v) is 4.32. The molecule has 142 valence electrons. The van der Waals surface area contributed by atoms with Crippen molar-refractivity contribution < 1.29 is 4.39 Å². The molecule has 0 amide bonds. The van der Waals surface area contributed by atoms with E-state index in [0.717, 1.165) is 31.0 Å². The van der Waals surface area contributed by atoms with Gasteiger partial charge in [-0.1, -0.05) is 33.1 Å². The Morgan fingerprint density at radius 1 is 0.958 bits per heavy atom. The molecule has 0 unspecified atom stereocenters. The minimum atomic E-state index is -0.884. The molecule has 0 atom stereocenters. The summed E-state index contributed by atoms with van der Waals surface area (Å²) < 4.78 is 13.7. The van der Waals surface area contributed by atoms with Gasteiger partial charge < -0.3 is 10.2 Å². The van der Waals surface area contributed by atoms with Crippen LogP contribution in [0.4, 0.5) is 4.39 Å². The van der Waals surface area contributed by atoms with E-state index < -0.39 is 5.67 Å². The number of nitrogens with one attached hydrogen (secondary N) is 1. The second kappa shape index (κ2) is 9.52. The quantitative estimate of drug-likeness (QED) is 0.772. The van der Waals surface area contributed by atoms with Crippen LogP contribution in [0.3, 0.4) is 0 Å². The second-order valence-corrected chi connectivity index (χ2v) is 9.05. The Balaban J connectivity index is 0.000000185. The van der Waals surface area contributed by atoms with Gasteiger partial charge in [0, 0.05) is 6.04 Å². The Kier molecular flexibility index (Phi) is 8.00. The van der Waals surface area contributed by atoms with E-state index in [2.05, 4.69) is 24.1 Å². The van der Waals surface area contributed by atoms with Gasteiger partial charge in [0.25, 0.3) is 0 Å². The van der Waals surface area contributed by atoms with E-state index in [-0.39, 0.29) is 5.92 Å². The van der Waals surface area contributed by atoms with Crippen LogP contribution in [-0.4, -0.2) is 42.8 Å². The topological polar surface area (TPSA) is 15.3 Å². The largest absolute Gasteiger partial charge is 0.316 e. The number of likely N-dealkylation sites (tertiary alicyclic amines) is 1. The molecule has 2 aliphatic heterocycles. The van der Waals surface area contributed by atoms with E-state index in [1.54, 1.807) is 6.42 Å². The molecule has 0 radical (unpaired) electrons. The Morgan fingerprint density at radius 3 is 1.88 bits per heavy atom. The van der Waals surface area contributed by atoms with Crippen molar-refractivity contribution in [3.8, 4) is 0 Å². The monoisotopic (exact) mass is 340 g/mol. The van der Waals surface area contributed by atoms with E-state index in [1.165, 1.54) is 45.2 Å². The van der Waals surface area contributed by atoms with Gasteiger partial charge >= 0.3 is 0 Å². The third-order valence-corrected chi connectivity index (χ3v) is 6.74. The average molecular weight is 341 g/mol. The molecule has 1 aliphatic carbocycles. The summed E-state index contributed by atoms with van der Waals surface area (Å²) in [6, 6.07) is 0.764. The summed E-state index contributed by atoms with van der Waals surface area (Å²) in [4.78, 5) is 2.64. The SMILES string of the molecule is CC(C)C1(F)CCNCC1.CC(C)N1CCC(CC2CCC2)CC1. The molecule has 3 heteroatoms. The van der Waals surface area contributed by atoms with Gasteiger partial charge in [-0.3, -0.25) is 0 Å². The van der Waals surface area contributed by atoms with E-state index in [1.807, 2.05) is 13.8 Å². The first-order chi connectivity index (χ1) is 11.4. The summed E-state index contributed by atoms with van der Waals surface area (Å²) in [6.45, 7) is 13.0. The number of rotatable bonds is 4. The van der Waals surface area contributed by atoms with Crippen molar-refractivity contribution in [3.63, 3.8) is 0 Å². The van der Waals surface area contributed by atoms with Crippen LogP contribution in [-0.2, 0) is 0 Å². The molecule has 2 nitrogen and oxygen atoms in total. The van der Waals surface area contributed by atoms with Crippen molar-refractivity contribution in [2.75, 3.05) is 26.2 Å². The Bertz CT molecular complexity index is 338. The molecule has 2 heterocycles. The number of hydrogen-bond acceptors (Lipinski definition) is 2. The predicted octanol–water partition coefficient (Wildman–Crippen LogP) is 5.03. The average Bonchev–Trinajstić information content (AvgIpc) is 2.53. The fourth-order valence-electron chi connectivity index (χ4n) is 4.32. The molecular weight excluding hydrogens is 299 g/mol. The van der Waals surface area contributed by atoms with Crippen LogP contribution in [0.25, 0.3) is 0 Å². The van der Waals surface area contributed by atoms with Crippen molar-refractivity contribution >= 4 is 0 Å². The second-order valence-electron chi connectivity index (χ2n) is 9.05. The number of piperidine rings is 2. The standard InChI is InChI=1S/C13H25N.C8H16FN/c1-11(2)14-8-6-13(7-9-14)10-12-4-3-5-12;1-7(2)8(9)3-5-10-6-4-8/h11-13H,3-10H2,1-2H3;7,10H,3-6H2,1-2H3. The summed E-state index contributed by atoms with van der Waals surface area (Å²) in [5, 5.41) is 3.15. The van der Waals surface area contributed by atoms with Crippen molar-refractivity contribution in [2.45, 2.75) is 90.8 Å². The normalized spacial score (nSPS) is 26.1. The fraction of sp³-hybridized carbons (Fsp3) is 1.00. The van der Waals surface area contributed by atoms with Gasteiger partial charge in [-0.2, -0.15) is 0 Å². The Hall–Kier alpha value is -0.150. The third-order valence-electron chi connectivity index (χ3n) is 6.74. The first-order valence-electron chi connectivity index (χ1n) is 10.5. The van der Waals surface area contributed by atoms with Crippen molar-refractivity contribution in [3.05, 3.63) is 0 Å². The number of nitrogens with zero attached hydrogens (tertiary/aromatic N) is 1. The van der Waals surface area contributed by atoms with Gasteiger partial charge in [-0.05, 0) is 89.9 Å². The Morgan fingerprint density at radius 2 is 1.50 bits per heavy atom. The lowest BCUT2D eigenvalue weighted by molar-refractivity contribution is 0.0626. The van der Waals surface area contributed by atoms with E-state index in [4.69, 9.17) is 0 Å².